The number of carbonyl (C=O) groups is 1. The smallest absolute Gasteiger partial charge is 0.423 e. The second-order valence-electron chi connectivity index (χ2n) is 8.99. The number of nitrogens with zero attached hydrogens (tertiary/aromatic N) is 2. The molecule has 0 spiro atoms. The van der Waals surface area contributed by atoms with Crippen molar-refractivity contribution in [3.8, 4) is 0 Å². The molecule has 1 fully saturated rings. The molecule has 2 amide bonds. The minimum atomic E-state index is -3.82. The molecule has 6 nitrogen and oxygen atoms in total. The van der Waals surface area contributed by atoms with E-state index >= 15 is 0 Å². The van der Waals surface area contributed by atoms with E-state index in [1.165, 1.54) is 22.3 Å². The zero-order chi connectivity index (χ0) is 20.6. The van der Waals surface area contributed by atoms with Crippen molar-refractivity contribution in [3.05, 3.63) is 33.0 Å². The summed E-state index contributed by atoms with van der Waals surface area (Å²) in [5.74, 6) is -0.0798. The summed E-state index contributed by atoms with van der Waals surface area (Å²) in [6.45, 7) is 5.09. The number of rotatable bonds is 5. The van der Waals surface area contributed by atoms with Crippen LogP contribution in [0.15, 0.2) is 6.07 Å². The van der Waals surface area contributed by atoms with Crippen molar-refractivity contribution in [1.82, 2.24) is 4.90 Å². The normalized spacial score (nSPS) is 21.1. The second kappa shape index (κ2) is 10.3. The number of benzene rings is 1. The maximum Gasteiger partial charge on any atom is 1.00 e. The van der Waals surface area contributed by atoms with Gasteiger partial charge in [0, 0.05) is 12.1 Å². The Bertz CT molecular complexity index is 869. The average Bonchev–Trinajstić information content (AvgIpc) is 3.29. The van der Waals surface area contributed by atoms with Crippen LogP contribution in [0.2, 0.25) is 0 Å². The van der Waals surface area contributed by atoms with Gasteiger partial charge in [-0.3, -0.25) is 9.69 Å². The third-order valence-electron chi connectivity index (χ3n) is 6.67. The van der Waals surface area contributed by atoms with E-state index in [1.807, 2.05) is 0 Å². The van der Waals surface area contributed by atoms with Crippen LogP contribution in [0, 0.1) is 0 Å². The standard InChI is InChI=1S/C22H33N3O3S.K/c1-15(2)25-12-4-3-9-18(25)14-29(27,28)24-22(26)23-21-19-10-5-7-16(19)13-17-8-6-11-20(17)21;/h13,15,18H,3-12,14H2,1-2H3,(H2,23,24,26);/q;+1/p-1. The fourth-order valence-electron chi connectivity index (χ4n) is 5.39. The minimum Gasteiger partial charge on any atom is -0.423 e. The van der Waals surface area contributed by atoms with E-state index in [1.54, 1.807) is 0 Å². The van der Waals surface area contributed by atoms with Crippen LogP contribution in [0.25, 0.3) is 4.72 Å². The van der Waals surface area contributed by atoms with Gasteiger partial charge in [0.2, 0.25) is 0 Å². The fraction of sp³-hybridized carbons (Fsp3) is 0.682. The number of aryl methyl sites for hydroxylation is 2. The van der Waals surface area contributed by atoms with Crippen LogP contribution >= 0.6 is 0 Å². The number of piperidine rings is 1. The maximum absolute atomic E-state index is 12.7. The summed E-state index contributed by atoms with van der Waals surface area (Å²) in [6.07, 6.45) is 9.09. The molecule has 1 aliphatic heterocycles. The van der Waals surface area contributed by atoms with Gasteiger partial charge in [-0.15, -0.1) is 0 Å². The number of hydrogen-bond donors (Lipinski definition) is 1. The monoisotopic (exact) mass is 457 g/mol. The first-order valence-corrected chi connectivity index (χ1v) is 12.6. The topological polar surface area (TPSA) is 80.6 Å². The molecule has 3 aliphatic rings. The number of carbonyl (C=O) groups excluding carboxylic acids is 1. The van der Waals surface area contributed by atoms with Crippen LogP contribution < -0.4 is 56.7 Å². The summed E-state index contributed by atoms with van der Waals surface area (Å²) in [4.78, 5) is 14.8. The van der Waals surface area contributed by atoms with Gasteiger partial charge < -0.3 is 10.0 Å². The zero-order valence-electron chi connectivity index (χ0n) is 18.5. The summed E-state index contributed by atoms with van der Waals surface area (Å²) in [5.41, 5.74) is 5.82. The summed E-state index contributed by atoms with van der Waals surface area (Å²) in [7, 11) is -3.82. The molecule has 4 rings (SSSR count). The molecule has 160 valence electrons. The van der Waals surface area contributed by atoms with Gasteiger partial charge in [-0.2, -0.15) is 0 Å². The van der Waals surface area contributed by atoms with Crippen LogP contribution in [0.4, 0.5) is 10.5 Å². The number of amides is 2. The quantitative estimate of drug-likeness (QED) is 0.673. The summed E-state index contributed by atoms with van der Waals surface area (Å²) in [6, 6.07) is 1.78. The molecule has 1 aromatic carbocycles. The van der Waals surface area contributed by atoms with E-state index in [0.29, 0.717) is 6.04 Å². The van der Waals surface area contributed by atoms with Gasteiger partial charge >= 0.3 is 51.4 Å². The van der Waals surface area contributed by atoms with Crippen molar-refractivity contribution in [2.45, 2.75) is 83.7 Å². The van der Waals surface area contributed by atoms with Gasteiger partial charge in [-0.25, -0.2) is 8.42 Å². The number of nitrogens with one attached hydrogen (secondary N) is 1. The Labute approximate surface area is 223 Å². The molecule has 1 unspecified atom stereocenters. The number of likely N-dealkylation sites (tertiary alicyclic amines) is 1. The Morgan fingerprint density at radius 2 is 1.73 bits per heavy atom. The first-order valence-electron chi connectivity index (χ1n) is 11.0. The number of fused-ring (bicyclic) bond motifs is 2. The van der Waals surface area contributed by atoms with Crippen molar-refractivity contribution in [1.29, 1.82) is 0 Å². The molecular weight excluding hydrogens is 425 g/mol. The molecule has 2 aliphatic carbocycles. The van der Waals surface area contributed by atoms with Crippen molar-refractivity contribution in [2.75, 3.05) is 17.6 Å². The zero-order valence-corrected chi connectivity index (χ0v) is 22.5. The van der Waals surface area contributed by atoms with Crippen LogP contribution in [0.3, 0.4) is 0 Å². The molecule has 8 heteroatoms. The van der Waals surface area contributed by atoms with Gasteiger partial charge in [-0.05, 0) is 99.7 Å². The number of sulfonamides is 1. The molecule has 1 atom stereocenters. The Kier molecular flexibility index (Phi) is 8.48. The van der Waals surface area contributed by atoms with Gasteiger partial charge in [0.05, 0.1) is 5.75 Å². The van der Waals surface area contributed by atoms with Gasteiger partial charge in [-0.1, -0.05) is 12.5 Å². The molecule has 1 heterocycles. The SMILES string of the molecule is CC(C)N1CCCCC1CS(=O)(=O)[N-]C(=O)Nc1c2c(cc3c1CCC3)CCC2.[K+]. The first kappa shape index (κ1) is 24.7. The summed E-state index contributed by atoms with van der Waals surface area (Å²) in [5, 5.41) is 2.87. The Morgan fingerprint density at radius 1 is 1.10 bits per heavy atom. The number of hydrogen-bond acceptors (Lipinski definition) is 4. The number of urea groups is 1. The van der Waals surface area contributed by atoms with E-state index in [0.717, 1.165) is 70.0 Å². The number of anilines is 1. The Balaban J connectivity index is 0.00000256. The van der Waals surface area contributed by atoms with Gasteiger partial charge in [0.1, 0.15) is 0 Å². The van der Waals surface area contributed by atoms with E-state index in [2.05, 4.69) is 34.9 Å². The molecule has 0 radical (unpaired) electrons. The summed E-state index contributed by atoms with van der Waals surface area (Å²) < 4.78 is 29.0. The maximum atomic E-state index is 12.7. The Hall–Kier alpha value is 0.0364. The molecule has 0 bridgehead atoms. The third kappa shape index (κ3) is 5.50. The van der Waals surface area contributed by atoms with Crippen LogP contribution in [0.1, 0.15) is 68.2 Å². The molecular formula is C22H32KN3O3S. The van der Waals surface area contributed by atoms with Crippen molar-refractivity contribution >= 4 is 21.7 Å². The van der Waals surface area contributed by atoms with Crippen LogP contribution in [0.5, 0.6) is 0 Å². The fourth-order valence-corrected chi connectivity index (χ4v) is 6.60. The minimum absolute atomic E-state index is 0. The first-order chi connectivity index (χ1) is 13.8. The predicted octanol–water partition coefficient (Wildman–Crippen LogP) is 1.17. The Morgan fingerprint density at radius 3 is 2.33 bits per heavy atom. The second-order valence-corrected chi connectivity index (χ2v) is 10.7. The molecule has 1 N–H and O–H groups in total. The molecule has 30 heavy (non-hydrogen) atoms. The van der Waals surface area contributed by atoms with E-state index < -0.39 is 16.1 Å². The van der Waals surface area contributed by atoms with E-state index in [9.17, 15) is 13.2 Å². The third-order valence-corrected chi connectivity index (χ3v) is 7.92. The molecule has 1 aromatic rings. The average molecular weight is 458 g/mol. The summed E-state index contributed by atoms with van der Waals surface area (Å²) >= 11 is 0. The van der Waals surface area contributed by atoms with E-state index in [-0.39, 0.29) is 63.2 Å². The van der Waals surface area contributed by atoms with Crippen LogP contribution in [-0.2, 0) is 35.7 Å². The van der Waals surface area contributed by atoms with Gasteiger partial charge in [0.25, 0.3) is 0 Å². The van der Waals surface area contributed by atoms with Crippen molar-refractivity contribution in [2.24, 2.45) is 0 Å². The molecule has 0 saturated carbocycles. The van der Waals surface area contributed by atoms with Gasteiger partial charge in [0.15, 0.2) is 16.1 Å². The molecule has 1 saturated heterocycles. The predicted molar refractivity (Wildman–Crippen MR) is 116 cm³/mol. The molecule has 0 aromatic heterocycles. The van der Waals surface area contributed by atoms with Crippen LogP contribution in [-0.4, -0.2) is 43.7 Å². The van der Waals surface area contributed by atoms with Crippen molar-refractivity contribution < 1.29 is 64.6 Å². The largest absolute Gasteiger partial charge is 1.00 e. The van der Waals surface area contributed by atoms with E-state index in [4.69, 9.17) is 0 Å². The van der Waals surface area contributed by atoms with Crippen molar-refractivity contribution in [3.63, 3.8) is 0 Å².